The molecule has 0 aromatic heterocycles. The summed E-state index contributed by atoms with van der Waals surface area (Å²) in [7, 11) is 0. The molecule has 0 radical (unpaired) electrons. The lowest BCUT2D eigenvalue weighted by molar-refractivity contribution is 0.399. The molecule has 1 aromatic carbocycles. The molecule has 2 rings (SSSR count). The predicted octanol–water partition coefficient (Wildman–Crippen LogP) is 4.38. The van der Waals surface area contributed by atoms with Crippen LogP contribution in [0, 0.1) is 11.6 Å². The third-order valence-corrected chi connectivity index (χ3v) is 4.03. The van der Waals surface area contributed by atoms with Crippen molar-refractivity contribution in [2.75, 3.05) is 6.54 Å². The van der Waals surface area contributed by atoms with E-state index < -0.39 is 0 Å². The van der Waals surface area contributed by atoms with Crippen LogP contribution < -0.4 is 5.32 Å². The third kappa shape index (κ3) is 3.75. The zero-order valence-electron chi connectivity index (χ0n) is 11.6. The highest BCUT2D eigenvalue weighted by Crippen LogP contribution is 2.33. The van der Waals surface area contributed by atoms with Crippen LogP contribution in [0.5, 0.6) is 0 Å². The summed E-state index contributed by atoms with van der Waals surface area (Å²) in [5, 5.41) is 3.52. The molecule has 1 fully saturated rings. The van der Waals surface area contributed by atoms with Gasteiger partial charge >= 0.3 is 0 Å². The predicted molar refractivity (Wildman–Crippen MR) is 74.3 cm³/mol. The van der Waals surface area contributed by atoms with Crippen LogP contribution in [0.2, 0.25) is 0 Å². The largest absolute Gasteiger partial charge is 0.313 e. The van der Waals surface area contributed by atoms with E-state index in [-0.39, 0.29) is 23.6 Å². The maximum absolute atomic E-state index is 14.0. The highest BCUT2D eigenvalue weighted by atomic mass is 19.1. The van der Waals surface area contributed by atoms with Crippen molar-refractivity contribution in [2.24, 2.45) is 0 Å². The number of rotatable bonds is 4. The summed E-state index contributed by atoms with van der Waals surface area (Å²) in [5.41, 5.74) is 0.551. The molecule has 1 aliphatic carbocycles. The van der Waals surface area contributed by atoms with Crippen LogP contribution in [-0.4, -0.2) is 12.6 Å². The van der Waals surface area contributed by atoms with Crippen LogP contribution in [0.1, 0.15) is 56.9 Å². The lowest BCUT2D eigenvalue weighted by Gasteiger charge is -2.27. The topological polar surface area (TPSA) is 12.0 Å². The van der Waals surface area contributed by atoms with Gasteiger partial charge in [0.2, 0.25) is 0 Å². The maximum Gasteiger partial charge on any atom is 0.126 e. The molecule has 2 unspecified atom stereocenters. The molecule has 0 bridgehead atoms. The number of hydrogen-bond donors (Lipinski definition) is 1. The van der Waals surface area contributed by atoms with Crippen molar-refractivity contribution in [1.29, 1.82) is 0 Å². The van der Waals surface area contributed by atoms with Gasteiger partial charge in [-0.3, -0.25) is 0 Å². The first-order chi connectivity index (χ1) is 9.22. The molecular weight excluding hydrogens is 244 g/mol. The van der Waals surface area contributed by atoms with E-state index in [1.165, 1.54) is 31.0 Å². The van der Waals surface area contributed by atoms with Crippen molar-refractivity contribution >= 4 is 0 Å². The Bertz CT molecular complexity index is 406. The lowest BCUT2D eigenvalue weighted by Crippen LogP contribution is -2.35. The van der Waals surface area contributed by atoms with Crippen LogP contribution in [0.3, 0.4) is 0 Å². The smallest absolute Gasteiger partial charge is 0.126 e. The average Bonchev–Trinajstić information content (AvgIpc) is 2.64. The van der Waals surface area contributed by atoms with Crippen molar-refractivity contribution < 1.29 is 8.78 Å². The Labute approximate surface area is 114 Å². The third-order valence-electron chi connectivity index (χ3n) is 4.03. The van der Waals surface area contributed by atoms with E-state index in [9.17, 15) is 8.78 Å². The second kappa shape index (κ2) is 6.99. The molecule has 2 atom stereocenters. The second-order valence-corrected chi connectivity index (χ2v) is 5.47. The van der Waals surface area contributed by atoms with Crippen molar-refractivity contribution in [2.45, 2.75) is 57.4 Å². The van der Waals surface area contributed by atoms with Crippen molar-refractivity contribution in [3.05, 3.63) is 35.4 Å². The average molecular weight is 267 g/mol. The highest BCUT2D eigenvalue weighted by molar-refractivity contribution is 5.24. The molecule has 19 heavy (non-hydrogen) atoms. The van der Waals surface area contributed by atoms with Crippen molar-refractivity contribution in [1.82, 2.24) is 5.32 Å². The molecule has 0 spiro atoms. The van der Waals surface area contributed by atoms with Gasteiger partial charge in [-0.15, -0.1) is 0 Å². The summed E-state index contributed by atoms with van der Waals surface area (Å²) in [5.74, 6) is -0.503. The molecule has 3 heteroatoms. The first-order valence-electron chi connectivity index (χ1n) is 7.40. The van der Waals surface area contributed by atoms with E-state index in [4.69, 9.17) is 0 Å². The zero-order chi connectivity index (χ0) is 13.7. The number of nitrogens with one attached hydrogen (secondary N) is 1. The Balaban J connectivity index is 2.23. The molecule has 1 aromatic rings. The molecule has 0 heterocycles. The van der Waals surface area contributed by atoms with Gasteiger partial charge in [-0.05, 0) is 49.6 Å². The molecular formula is C16H23F2N. The Kier molecular flexibility index (Phi) is 5.32. The minimum atomic E-state index is -0.338. The number of halogens is 2. The van der Waals surface area contributed by atoms with E-state index >= 15 is 0 Å². The van der Waals surface area contributed by atoms with Crippen molar-refractivity contribution in [3.63, 3.8) is 0 Å². The Hall–Kier alpha value is -0.960. The van der Waals surface area contributed by atoms with Crippen LogP contribution in [-0.2, 0) is 0 Å². The van der Waals surface area contributed by atoms with Crippen LogP contribution >= 0.6 is 0 Å². The maximum atomic E-state index is 14.0. The molecule has 1 aliphatic rings. The molecule has 0 saturated heterocycles. The van der Waals surface area contributed by atoms with Crippen LogP contribution in [0.15, 0.2) is 18.2 Å². The second-order valence-electron chi connectivity index (χ2n) is 5.47. The fourth-order valence-electron chi connectivity index (χ4n) is 3.05. The van der Waals surface area contributed by atoms with Crippen LogP contribution in [0.4, 0.5) is 8.78 Å². The quantitative estimate of drug-likeness (QED) is 0.798. The van der Waals surface area contributed by atoms with Gasteiger partial charge in [0.15, 0.2) is 0 Å². The molecule has 1 saturated carbocycles. The van der Waals surface area contributed by atoms with Crippen LogP contribution in [0.25, 0.3) is 0 Å². The first kappa shape index (κ1) is 14.4. The normalized spacial score (nSPS) is 24.2. The van der Waals surface area contributed by atoms with Gasteiger partial charge in [0.05, 0.1) is 0 Å². The van der Waals surface area contributed by atoms with Gasteiger partial charge in [-0.1, -0.05) is 26.2 Å². The number of benzene rings is 1. The molecule has 0 aliphatic heterocycles. The van der Waals surface area contributed by atoms with Gasteiger partial charge in [-0.2, -0.15) is 0 Å². The van der Waals surface area contributed by atoms with Gasteiger partial charge in [0.1, 0.15) is 11.6 Å². The number of hydrogen-bond acceptors (Lipinski definition) is 1. The first-order valence-corrected chi connectivity index (χ1v) is 7.40. The highest BCUT2D eigenvalue weighted by Gasteiger charge is 2.27. The van der Waals surface area contributed by atoms with E-state index in [2.05, 4.69) is 12.2 Å². The summed E-state index contributed by atoms with van der Waals surface area (Å²) >= 11 is 0. The fraction of sp³-hybridized carbons (Fsp3) is 0.625. The van der Waals surface area contributed by atoms with Gasteiger partial charge in [0, 0.05) is 12.0 Å². The van der Waals surface area contributed by atoms with E-state index in [0.717, 1.165) is 32.2 Å². The van der Waals surface area contributed by atoms with Gasteiger partial charge in [-0.25, -0.2) is 8.78 Å². The molecule has 106 valence electrons. The molecule has 1 N–H and O–H groups in total. The Morgan fingerprint density at radius 3 is 2.74 bits per heavy atom. The van der Waals surface area contributed by atoms with Crippen molar-refractivity contribution in [3.8, 4) is 0 Å². The standard InChI is InChI=1S/C16H23F2N/c1-2-10-19-16-7-5-3-4-6-13(16)14-11-12(17)8-9-15(14)18/h8-9,11,13,16,19H,2-7,10H2,1H3. The van der Waals surface area contributed by atoms with E-state index in [1.807, 2.05) is 0 Å². The van der Waals surface area contributed by atoms with E-state index in [1.54, 1.807) is 0 Å². The Morgan fingerprint density at radius 1 is 1.16 bits per heavy atom. The van der Waals surface area contributed by atoms with Gasteiger partial charge < -0.3 is 5.32 Å². The Morgan fingerprint density at radius 2 is 1.95 bits per heavy atom. The minimum absolute atomic E-state index is 0.102. The monoisotopic (exact) mass is 267 g/mol. The summed E-state index contributed by atoms with van der Waals surface area (Å²) in [6.07, 6.45) is 6.54. The summed E-state index contributed by atoms with van der Waals surface area (Å²) in [6.45, 7) is 3.07. The lowest BCUT2D eigenvalue weighted by atomic mass is 9.87. The molecule has 1 nitrogen and oxygen atoms in total. The summed E-state index contributed by atoms with van der Waals surface area (Å²) in [4.78, 5) is 0. The summed E-state index contributed by atoms with van der Waals surface area (Å²) in [6, 6.07) is 4.11. The molecule has 0 amide bonds. The summed E-state index contributed by atoms with van der Waals surface area (Å²) < 4.78 is 27.4. The van der Waals surface area contributed by atoms with Gasteiger partial charge in [0.25, 0.3) is 0 Å². The SMILES string of the molecule is CCCNC1CCCCCC1c1cc(F)ccc1F. The fourth-order valence-corrected chi connectivity index (χ4v) is 3.05. The zero-order valence-corrected chi connectivity index (χ0v) is 11.6. The van der Waals surface area contributed by atoms with E-state index in [0.29, 0.717) is 5.56 Å². The minimum Gasteiger partial charge on any atom is -0.313 e.